The Labute approximate surface area is 69.8 Å². The lowest BCUT2D eigenvalue weighted by Crippen LogP contribution is -2.17. The van der Waals surface area contributed by atoms with Crippen LogP contribution < -0.4 is 0 Å². The molecule has 0 aliphatic rings. The van der Waals surface area contributed by atoms with Gasteiger partial charge in [0.25, 0.3) is 0 Å². The maximum absolute atomic E-state index is 5.60. The van der Waals surface area contributed by atoms with E-state index >= 15 is 0 Å². The largest absolute Gasteiger partial charge is 0.489 e. The average Bonchev–Trinajstić information content (AvgIpc) is 1.84. The van der Waals surface area contributed by atoms with Crippen LogP contribution in [0.25, 0.3) is 0 Å². The van der Waals surface area contributed by atoms with Crippen LogP contribution in [0.2, 0.25) is 0 Å². The van der Waals surface area contributed by atoms with E-state index in [2.05, 4.69) is 0 Å². The molecule has 0 fully saturated rings. The SMILES string of the molecule is C/C=C(/C=C/C)OC(C)(C)C. The van der Waals surface area contributed by atoms with Gasteiger partial charge in [0, 0.05) is 0 Å². The summed E-state index contributed by atoms with van der Waals surface area (Å²) in [6, 6.07) is 0. The van der Waals surface area contributed by atoms with Gasteiger partial charge in [-0.3, -0.25) is 0 Å². The lowest BCUT2D eigenvalue weighted by Gasteiger charge is -2.21. The molecule has 0 bridgehead atoms. The third-order valence-corrected chi connectivity index (χ3v) is 1.04. The van der Waals surface area contributed by atoms with Gasteiger partial charge in [-0.05, 0) is 46.8 Å². The molecule has 0 rings (SSSR count). The molecule has 11 heavy (non-hydrogen) atoms. The predicted octanol–water partition coefficient (Wildman–Crippen LogP) is 3.28. The molecule has 0 aliphatic heterocycles. The standard InChI is InChI=1S/C10H18O/c1-6-8-9(7-2)11-10(3,4)5/h6-8H,1-5H3/b8-6+,9-7-. The molecule has 0 amide bonds. The Bertz CT molecular complexity index is 158. The van der Waals surface area contributed by atoms with Gasteiger partial charge in [0.05, 0.1) is 0 Å². The lowest BCUT2D eigenvalue weighted by molar-refractivity contribution is 0.0597. The smallest absolute Gasteiger partial charge is 0.115 e. The highest BCUT2D eigenvalue weighted by atomic mass is 16.5. The molecular weight excluding hydrogens is 136 g/mol. The number of allylic oxidation sites excluding steroid dienone is 3. The van der Waals surface area contributed by atoms with Gasteiger partial charge < -0.3 is 4.74 Å². The van der Waals surface area contributed by atoms with Crippen LogP contribution in [-0.2, 0) is 4.74 Å². The quantitative estimate of drug-likeness (QED) is 0.438. The minimum atomic E-state index is -0.0959. The topological polar surface area (TPSA) is 9.23 Å². The minimum Gasteiger partial charge on any atom is -0.489 e. The molecule has 0 radical (unpaired) electrons. The fourth-order valence-electron chi connectivity index (χ4n) is 0.707. The molecule has 0 saturated heterocycles. The van der Waals surface area contributed by atoms with Crippen LogP contribution >= 0.6 is 0 Å². The summed E-state index contributed by atoms with van der Waals surface area (Å²) in [7, 11) is 0. The fraction of sp³-hybridized carbons (Fsp3) is 0.600. The van der Waals surface area contributed by atoms with E-state index in [-0.39, 0.29) is 5.60 Å². The predicted molar refractivity (Wildman–Crippen MR) is 49.4 cm³/mol. The van der Waals surface area contributed by atoms with Crippen molar-refractivity contribution >= 4 is 0 Å². The fourth-order valence-corrected chi connectivity index (χ4v) is 0.707. The highest BCUT2D eigenvalue weighted by Crippen LogP contribution is 2.13. The van der Waals surface area contributed by atoms with Crippen molar-refractivity contribution in [1.82, 2.24) is 0 Å². The van der Waals surface area contributed by atoms with Crippen LogP contribution in [0.15, 0.2) is 24.0 Å². The van der Waals surface area contributed by atoms with Gasteiger partial charge in [-0.2, -0.15) is 0 Å². The molecule has 1 nitrogen and oxygen atoms in total. The zero-order chi connectivity index (χ0) is 8.91. The Morgan fingerprint density at radius 1 is 1.18 bits per heavy atom. The zero-order valence-electron chi connectivity index (χ0n) is 8.14. The van der Waals surface area contributed by atoms with Crippen LogP contribution in [0.3, 0.4) is 0 Å². The molecule has 1 heteroatoms. The van der Waals surface area contributed by atoms with Crippen molar-refractivity contribution in [3.8, 4) is 0 Å². The molecule has 0 atom stereocenters. The van der Waals surface area contributed by atoms with Crippen molar-refractivity contribution in [2.24, 2.45) is 0 Å². The Kier molecular flexibility index (Phi) is 3.94. The normalized spacial score (nSPS) is 14.1. The molecule has 0 aromatic heterocycles. The second kappa shape index (κ2) is 4.22. The molecular formula is C10H18O. The maximum Gasteiger partial charge on any atom is 0.115 e. The van der Waals surface area contributed by atoms with E-state index < -0.39 is 0 Å². The summed E-state index contributed by atoms with van der Waals surface area (Å²) in [5, 5.41) is 0. The van der Waals surface area contributed by atoms with E-state index in [9.17, 15) is 0 Å². The van der Waals surface area contributed by atoms with E-state index in [1.807, 2.05) is 52.8 Å². The Morgan fingerprint density at radius 3 is 2.00 bits per heavy atom. The molecule has 0 N–H and O–H groups in total. The van der Waals surface area contributed by atoms with Gasteiger partial charge in [0.15, 0.2) is 0 Å². The van der Waals surface area contributed by atoms with E-state index in [4.69, 9.17) is 4.74 Å². The van der Waals surface area contributed by atoms with Crippen LogP contribution in [0.4, 0.5) is 0 Å². The third kappa shape index (κ3) is 5.71. The van der Waals surface area contributed by atoms with Crippen molar-refractivity contribution in [3.63, 3.8) is 0 Å². The lowest BCUT2D eigenvalue weighted by atomic mass is 10.2. The molecule has 0 saturated carbocycles. The van der Waals surface area contributed by atoms with Crippen molar-refractivity contribution in [2.75, 3.05) is 0 Å². The Morgan fingerprint density at radius 2 is 1.73 bits per heavy atom. The highest BCUT2D eigenvalue weighted by Gasteiger charge is 2.10. The van der Waals surface area contributed by atoms with E-state index in [0.29, 0.717) is 0 Å². The van der Waals surface area contributed by atoms with Gasteiger partial charge in [0.2, 0.25) is 0 Å². The van der Waals surface area contributed by atoms with Crippen molar-refractivity contribution in [1.29, 1.82) is 0 Å². The summed E-state index contributed by atoms with van der Waals surface area (Å²) in [6.45, 7) is 10.1. The van der Waals surface area contributed by atoms with Crippen LogP contribution in [0, 0.1) is 0 Å². The summed E-state index contributed by atoms with van der Waals surface area (Å²) in [4.78, 5) is 0. The molecule has 64 valence electrons. The van der Waals surface area contributed by atoms with Crippen LogP contribution in [0.5, 0.6) is 0 Å². The molecule has 0 heterocycles. The minimum absolute atomic E-state index is 0.0959. The summed E-state index contributed by atoms with van der Waals surface area (Å²) >= 11 is 0. The highest BCUT2D eigenvalue weighted by molar-refractivity contribution is 5.10. The Hall–Kier alpha value is -0.720. The summed E-state index contributed by atoms with van der Waals surface area (Å²) in [6.07, 6.45) is 5.90. The number of ether oxygens (including phenoxy) is 1. The second-order valence-corrected chi connectivity index (χ2v) is 3.41. The first-order valence-electron chi connectivity index (χ1n) is 3.97. The molecule has 0 aliphatic carbocycles. The van der Waals surface area contributed by atoms with Crippen LogP contribution in [0.1, 0.15) is 34.6 Å². The molecule has 0 aromatic carbocycles. The average molecular weight is 154 g/mol. The van der Waals surface area contributed by atoms with Gasteiger partial charge in [-0.1, -0.05) is 6.08 Å². The van der Waals surface area contributed by atoms with Crippen molar-refractivity contribution in [2.45, 2.75) is 40.2 Å². The van der Waals surface area contributed by atoms with E-state index in [1.54, 1.807) is 0 Å². The van der Waals surface area contributed by atoms with Crippen LogP contribution in [-0.4, -0.2) is 5.60 Å². The number of hydrogen-bond acceptors (Lipinski definition) is 1. The first-order chi connectivity index (χ1) is 4.99. The number of rotatable bonds is 2. The van der Waals surface area contributed by atoms with Crippen molar-refractivity contribution in [3.05, 3.63) is 24.0 Å². The summed E-state index contributed by atoms with van der Waals surface area (Å²) < 4.78 is 5.60. The van der Waals surface area contributed by atoms with Gasteiger partial charge in [-0.15, -0.1) is 0 Å². The van der Waals surface area contributed by atoms with Crippen molar-refractivity contribution < 1.29 is 4.74 Å². The van der Waals surface area contributed by atoms with Gasteiger partial charge in [-0.25, -0.2) is 0 Å². The molecule has 0 aromatic rings. The maximum atomic E-state index is 5.60. The third-order valence-electron chi connectivity index (χ3n) is 1.04. The second-order valence-electron chi connectivity index (χ2n) is 3.41. The monoisotopic (exact) mass is 154 g/mol. The summed E-state index contributed by atoms with van der Waals surface area (Å²) in [5.74, 6) is 0.931. The first-order valence-corrected chi connectivity index (χ1v) is 3.97. The van der Waals surface area contributed by atoms with Gasteiger partial charge >= 0.3 is 0 Å². The van der Waals surface area contributed by atoms with Gasteiger partial charge in [0.1, 0.15) is 11.4 Å². The number of hydrogen-bond donors (Lipinski definition) is 0. The molecule has 0 unspecified atom stereocenters. The van der Waals surface area contributed by atoms with E-state index in [0.717, 1.165) is 5.76 Å². The summed E-state index contributed by atoms with van der Waals surface area (Å²) in [5.41, 5.74) is -0.0959. The first kappa shape index (κ1) is 10.3. The van der Waals surface area contributed by atoms with E-state index in [1.165, 1.54) is 0 Å². The Balaban J connectivity index is 4.12. The molecule has 0 spiro atoms. The zero-order valence-corrected chi connectivity index (χ0v) is 8.14.